The molecule has 16 heavy (non-hydrogen) atoms. The second-order valence-electron chi connectivity index (χ2n) is 3.25. The van der Waals surface area contributed by atoms with Gasteiger partial charge in [-0.15, -0.1) is 0 Å². The van der Waals surface area contributed by atoms with E-state index in [1.165, 1.54) is 0 Å². The van der Waals surface area contributed by atoms with Gasteiger partial charge in [-0.25, -0.2) is 0 Å². The SMILES string of the molecule is CC.O=C(O)CCc1c[nH]c2ccccc12.[HH]. The van der Waals surface area contributed by atoms with Crippen LogP contribution in [0.5, 0.6) is 0 Å². The first-order valence-corrected chi connectivity index (χ1v) is 5.54. The number of para-hydroxylation sites is 1. The first kappa shape index (κ1) is 12.3. The van der Waals surface area contributed by atoms with E-state index in [2.05, 4.69) is 4.98 Å². The Kier molecular flexibility index (Phi) is 4.58. The molecule has 2 N–H and O–H groups in total. The van der Waals surface area contributed by atoms with Gasteiger partial charge in [0.2, 0.25) is 0 Å². The summed E-state index contributed by atoms with van der Waals surface area (Å²) in [5.74, 6) is -0.754. The first-order chi connectivity index (χ1) is 7.77. The number of hydrogen-bond acceptors (Lipinski definition) is 1. The van der Waals surface area contributed by atoms with Crippen LogP contribution in [0.3, 0.4) is 0 Å². The van der Waals surface area contributed by atoms with Crippen LogP contribution in [0.15, 0.2) is 30.5 Å². The first-order valence-electron chi connectivity index (χ1n) is 5.54. The Balaban J connectivity index is 0.000000811. The van der Waals surface area contributed by atoms with Crippen LogP contribution < -0.4 is 0 Å². The topological polar surface area (TPSA) is 53.1 Å². The third-order valence-corrected chi connectivity index (χ3v) is 2.28. The van der Waals surface area contributed by atoms with Crippen molar-refractivity contribution in [1.29, 1.82) is 0 Å². The number of aromatic amines is 1. The molecule has 88 valence electrons. The van der Waals surface area contributed by atoms with Crippen molar-refractivity contribution in [3.8, 4) is 0 Å². The lowest BCUT2D eigenvalue weighted by atomic mass is 10.1. The number of aromatic nitrogens is 1. The molecule has 0 atom stereocenters. The van der Waals surface area contributed by atoms with Crippen LogP contribution in [-0.2, 0) is 11.2 Å². The van der Waals surface area contributed by atoms with Crippen LogP contribution in [-0.4, -0.2) is 16.1 Å². The van der Waals surface area contributed by atoms with Crippen molar-refractivity contribution in [2.24, 2.45) is 0 Å². The van der Waals surface area contributed by atoms with Gasteiger partial charge in [-0.1, -0.05) is 32.0 Å². The van der Waals surface area contributed by atoms with Crippen molar-refractivity contribution in [1.82, 2.24) is 4.98 Å². The van der Waals surface area contributed by atoms with E-state index < -0.39 is 5.97 Å². The molecule has 3 heteroatoms. The summed E-state index contributed by atoms with van der Waals surface area (Å²) in [5.41, 5.74) is 2.14. The molecule has 0 saturated heterocycles. The molecule has 1 aromatic carbocycles. The molecule has 0 saturated carbocycles. The van der Waals surface area contributed by atoms with Gasteiger partial charge in [0.1, 0.15) is 0 Å². The Hall–Kier alpha value is -1.77. The van der Waals surface area contributed by atoms with Gasteiger partial charge in [0, 0.05) is 24.9 Å². The summed E-state index contributed by atoms with van der Waals surface area (Å²) < 4.78 is 0. The zero-order valence-corrected chi connectivity index (χ0v) is 9.66. The van der Waals surface area contributed by atoms with Crippen molar-refractivity contribution in [3.05, 3.63) is 36.0 Å². The molecule has 2 aromatic rings. The Bertz CT molecular complexity index is 465. The van der Waals surface area contributed by atoms with Gasteiger partial charge in [-0.2, -0.15) is 0 Å². The van der Waals surface area contributed by atoms with Crippen molar-refractivity contribution in [2.75, 3.05) is 0 Å². The predicted molar refractivity (Wildman–Crippen MR) is 67.7 cm³/mol. The average Bonchev–Trinajstić information content (AvgIpc) is 2.72. The number of benzene rings is 1. The number of carbonyl (C=O) groups is 1. The maximum absolute atomic E-state index is 10.4. The summed E-state index contributed by atoms with van der Waals surface area (Å²) in [6.07, 6.45) is 2.65. The molecule has 1 heterocycles. The Morgan fingerprint density at radius 3 is 2.75 bits per heavy atom. The van der Waals surface area contributed by atoms with Gasteiger partial charge in [-0.05, 0) is 18.1 Å². The molecule has 0 aliphatic carbocycles. The van der Waals surface area contributed by atoms with Crippen LogP contribution in [0.2, 0.25) is 0 Å². The van der Waals surface area contributed by atoms with E-state index in [0.29, 0.717) is 6.42 Å². The van der Waals surface area contributed by atoms with Crippen molar-refractivity contribution >= 4 is 16.9 Å². The van der Waals surface area contributed by atoms with Crippen molar-refractivity contribution < 1.29 is 11.3 Å². The minimum Gasteiger partial charge on any atom is -0.481 e. The van der Waals surface area contributed by atoms with Crippen LogP contribution in [0.1, 0.15) is 27.3 Å². The maximum Gasteiger partial charge on any atom is 0.303 e. The Morgan fingerprint density at radius 2 is 2.06 bits per heavy atom. The Labute approximate surface area is 96.6 Å². The van der Waals surface area contributed by atoms with Crippen molar-refractivity contribution in [2.45, 2.75) is 26.7 Å². The Morgan fingerprint density at radius 1 is 1.38 bits per heavy atom. The maximum atomic E-state index is 10.4. The number of carboxylic acid groups (broad SMARTS) is 1. The number of rotatable bonds is 3. The predicted octanol–water partition coefficient (Wildman–Crippen LogP) is 3.46. The van der Waals surface area contributed by atoms with E-state index in [9.17, 15) is 4.79 Å². The standard InChI is InChI=1S/C11H11NO2.C2H6.H2/c13-11(14)6-5-8-7-12-10-4-2-1-3-9(8)10;1-2;/h1-4,7,12H,5-6H2,(H,13,14);1-2H3;1H. The number of hydrogen-bond donors (Lipinski definition) is 2. The fourth-order valence-electron chi connectivity index (χ4n) is 1.58. The fourth-order valence-corrected chi connectivity index (χ4v) is 1.58. The van der Waals surface area contributed by atoms with E-state index in [4.69, 9.17) is 5.11 Å². The van der Waals surface area contributed by atoms with Crippen LogP contribution in [0.4, 0.5) is 0 Å². The number of carboxylic acids is 1. The third-order valence-electron chi connectivity index (χ3n) is 2.28. The summed E-state index contributed by atoms with van der Waals surface area (Å²) in [6.45, 7) is 4.00. The second-order valence-corrected chi connectivity index (χ2v) is 3.25. The summed E-state index contributed by atoms with van der Waals surface area (Å²) in [7, 11) is 0. The van der Waals surface area contributed by atoms with Gasteiger partial charge in [0.15, 0.2) is 0 Å². The number of aryl methyl sites for hydroxylation is 1. The molecule has 0 unspecified atom stereocenters. The number of H-pyrrole nitrogens is 1. The van der Waals surface area contributed by atoms with Gasteiger partial charge in [0.25, 0.3) is 0 Å². The third kappa shape index (κ3) is 2.86. The molecule has 0 radical (unpaired) electrons. The smallest absolute Gasteiger partial charge is 0.303 e. The quantitative estimate of drug-likeness (QED) is 0.834. The summed E-state index contributed by atoms with van der Waals surface area (Å²) in [5, 5.41) is 9.69. The molecule has 0 bridgehead atoms. The molecule has 0 amide bonds. The number of fused-ring (bicyclic) bond motifs is 1. The highest BCUT2D eigenvalue weighted by molar-refractivity contribution is 5.83. The monoisotopic (exact) mass is 221 g/mol. The van der Waals surface area contributed by atoms with Crippen molar-refractivity contribution in [3.63, 3.8) is 0 Å². The molecule has 0 spiro atoms. The van der Waals surface area contributed by atoms with Crippen LogP contribution in [0, 0.1) is 0 Å². The molecule has 0 aliphatic rings. The molecular weight excluding hydrogens is 202 g/mol. The average molecular weight is 221 g/mol. The van der Waals surface area contributed by atoms with E-state index in [0.717, 1.165) is 16.5 Å². The summed E-state index contributed by atoms with van der Waals surface area (Å²) in [4.78, 5) is 13.5. The highest BCUT2D eigenvalue weighted by Crippen LogP contribution is 2.18. The molecular formula is C13H19NO2. The minimum atomic E-state index is -0.754. The highest BCUT2D eigenvalue weighted by atomic mass is 16.4. The summed E-state index contributed by atoms with van der Waals surface area (Å²) in [6, 6.07) is 7.91. The largest absolute Gasteiger partial charge is 0.481 e. The van der Waals surface area contributed by atoms with Gasteiger partial charge in [-0.3, -0.25) is 4.79 Å². The molecule has 2 rings (SSSR count). The lowest BCUT2D eigenvalue weighted by Crippen LogP contribution is -1.96. The van der Waals surface area contributed by atoms with E-state index >= 15 is 0 Å². The molecule has 1 aromatic heterocycles. The fraction of sp³-hybridized carbons (Fsp3) is 0.308. The number of nitrogens with one attached hydrogen (secondary N) is 1. The lowest BCUT2D eigenvalue weighted by molar-refractivity contribution is -0.136. The molecule has 0 aliphatic heterocycles. The van der Waals surface area contributed by atoms with Gasteiger partial charge >= 0.3 is 5.97 Å². The normalized spacial score (nSPS) is 9.62. The zero-order chi connectivity index (χ0) is 12.0. The van der Waals surface area contributed by atoms with Crippen LogP contribution >= 0.6 is 0 Å². The lowest BCUT2D eigenvalue weighted by Gasteiger charge is -1.95. The van der Waals surface area contributed by atoms with E-state index in [1.807, 2.05) is 44.3 Å². The van der Waals surface area contributed by atoms with E-state index in [-0.39, 0.29) is 7.85 Å². The molecule has 0 fully saturated rings. The van der Waals surface area contributed by atoms with Crippen LogP contribution in [0.25, 0.3) is 10.9 Å². The molecule has 3 nitrogen and oxygen atoms in total. The van der Waals surface area contributed by atoms with Gasteiger partial charge in [0.05, 0.1) is 0 Å². The van der Waals surface area contributed by atoms with Gasteiger partial charge < -0.3 is 10.1 Å². The number of aliphatic carboxylic acids is 1. The highest BCUT2D eigenvalue weighted by Gasteiger charge is 2.04. The van der Waals surface area contributed by atoms with E-state index in [1.54, 1.807) is 0 Å². The minimum absolute atomic E-state index is 0. The zero-order valence-electron chi connectivity index (χ0n) is 9.66. The second kappa shape index (κ2) is 5.95. The summed E-state index contributed by atoms with van der Waals surface area (Å²) >= 11 is 0.